The van der Waals surface area contributed by atoms with Gasteiger partial charge in [-0.15, -0.1) is 0 Å². The van der Waals surface area contributed by atoms with Crippen LogP contribution >= 0.6 is 15.9 Å². The van der Waals surface area contributed by atoms with Crippen molar-refractivity contribution < 1.29 is 9.72 Å². The molecule has 0 aromatic heterocycles. The average Bonchev–Trinajstić information content (AvgIpc) is 2.26. The molecule has 4 nitrogen and oxygen atoms in total. The Morgan fingerprint density at radius 1 is 1.44 bits per heavy atom. The second-order valence-corrected chi connectivity index (χ2v) is 4.58. The maximum Gasteiger partial charge on any atom is 0.211 e. The monoisotopic (exact) mass is 285 g/mol. The topological polar surface area (TPSA) is 60.2 Å². The summed E-state index contributed by atoms with van der Waals surface area (Å²) >= 11 is 3.30. The molecule has 0 saturated heterocycles. The van der Waals surface area contributed by atoms with E-state index in [0.717, 1.165) is 16.3 Å². The van der Waals surface area contributed by atoms with Crippen LogP contribution in [0.4, 0.5) is 0 Å². The van der Waals surface area contributed by atoms with Crippen LogP contribution in [0.25, 0.3) is 0 Å². The predicted molar refractivity (Wildman–Crippen MR) is 64.0 cm³/mol. The summed E-state index contributed by atoms with van der Waals surface area (Å²) in [4.78, 5) is 20.9. The first-order valence-electron chi connectivity index (χ1n) is 4.87. The van der Waals surface area contributed by atoms with E-state index in [1.54, 1.807) is 19.1 Å². The summed E-state index contributed by atoms with van der Waals surface area (Å²) in [5.41, 5.74) is 0.819. The van der Waals surface area contributed by atoms with Gasteiger partial charge in [0.2, 0.25) is 6.54 Å². The fourth-order valence-electron chi connectivity index (χ4n) is 1.54. The number of nitrogens with zero attached hydrogens (tertiary/aromatic N) is 1. The molecule has 0 spiro atoms. The quantitative estimate of drug-likeness (QED) is 0.475. The molecule has 1 aromatic carbocycles. The fourth-order valence-corrected chi connectivity index (χ4v) is 1.80. The number of nitro groups is 1. The highest BCUT2D eigenvalue weighted by atomic mass is 79.9. The molecule has 86 valence electrons. The third-order valence-corrected chi connectivity index (χ3v) is 3.02. The van der Waals surface area contributed by atoms with Gasteiger partial charge < -0.3 is 4.79 Å². The van der Waals surface area contributed by atoms with Crippen molar-refractivity contribution in [2.75, 3.05) is 6.54 Å². The van der Waals surface area contributed by atoms with Gasteiger partial charge in [-0.25, -0.2) is 0 Å². The summed E-state index contributed by atoms with van der Waals surface area (Å²) in [7, 11) is 0. The number of hydrogen-bond acceptors (Lipinski definition) is 3. The zero-order valence-electron chi connectivity index (χ0n) is 8.80. The van der Waals surface area contributed by atoms with Gasteiger partial charge in [0.15, 0.2) is 0 Å². The van der Waals surface area contributed by atoms with Crippen LogP contribution < -0.4 is 0 Å². The summed E-state index contributed by atoms with van der Waals surface area (Å²) < 4.78 is 0.912. The molecule has 0 radical (unpaired) electrons. The zero-order valence-corrected chi connectivity index (χ0v) is 10.4. The Morgan fingerprint density at radius 3 is 2.44 bits per heavy atom. The first-order valence-corrected chi connectivity index (χ1v) is 5.66. The van der Waals surface area contributed by atoms with Gasteiger partial charge in [0.25, 0.3) is 0 Å². The van der Waals surface area contributed by atoms with Crippen molar-refractivity contribution in [3.63, 3.8) is 0 Å². The van der Waals surface area contributed by atoms with E-state index in [0.29, 0.717) is 0 Å². The van der Waals surface area contributed by atoms with Gasteiger partial charge in [-0.05, 0) is 17.7 Å². The molecular formula is C11H12BrNO3. The van der Waals surface area contributed by atoms with E-state index < -0.39 is 0 Å². The van der Waals surface area contributed by atoms with E-state index in [1.165, 1.54) is 0 Å². The molecular weight excluding hydrogens is 274 g/mol. The van der Waals surface area contributed by atoms with Crippen LogP contribution in [0.2, 0.25) is 0 Å². The number of halogens is 1. The van der Waals surface area contributed by atoms with E-state index in [1.807, 2.05) is 12.1 Å². The van der Waals surface area contributed by atoms with Crippen molar-refractivity contribution >= 4 is 22.2 Å². The van der Waals surface area contributed by atoms with Crippen LogP contribution in [0.1, 0.15) is 18.4 Å². The van der Waals surface area contributed by atoms with Crippen molar-refractivity contribution in [1.29, 1.82) is 0 Å². The summed E-state index contributed by atoms with van der Waals surface area (Å²) in [6.45, 7) is 1.48. The molecule has 0 fully saturated rings. The first kappa shape index (κ1) is 12.8. The smallest absolute Gasteiger partial charge is 0.211 e. The Labute approximate surface area is 102 Å². The Hall–Kier alpha value is -1.23. The van der Waals surface area contributed by atoms with Crippen molar-refractivity contribution in [3.8, 4) is 0 Å². The summed E-state index contributed by atoms with van der Waals surface area (Å²) in [6, 6.07) is 7.25. The maximum atomic E-state index is 10.7. The molecule has 5 heteroatoms. The second kappa shape index (κ2) is 5.75. The van der Waals surface area contributed by atoms with Gasteiger partial charge in [0, 0.05) is 15.3 Å². The van der Waals surface area contributed by atoms with Gasteiger partial charge in [0.05, 0.1) is 5.92 Å². The lowest BCUT2D eigenvalue weighted by Crippen LogP contribution is -2.20. The van der Waals surface area contributed by atoms with E-state index in [4.69, 9.17) is 0 Å². The molecule has 0 aliphatic heterocycles. The molecule has 1 rings (SSSR count). The van der Waals surface area contributed by atoms with Crippen molar-refractivity contribution in [2.45, 2.75) is 12.8 Å². The number of aldehydes is 1. The van der Waals surface area contributed by atoms with Gasteiger partial charge in [0.1, 0.15) is 6.29 Å². The summed E-state index contributed by atoms with van der Waals surface area (Å²) in [6.07, 6.45) is 0.760. The lowest BCUT2D eigenvalue weighted by atomic mass is 9.88. The second-order valence-electron chi connectivity index (χ2n) is 3.67. The number of carbonyl (C=O) groups is 1. The van der Waals surface area contributed by atoms with Gasteiger partial charge in [-0.3, -0.25) is 10.1 Å². The zero-order chi connectivity index (χ0) is 12.1. The molecule has 0 heterocycles. The Kier molecular flexibility index (Phi) is 4.61. The molecule has 0 aliphatic carbocycles. The third-order valence-electron chi connectivity index (χ3n) is 2.49. The molecule has 0 aliphatic rings. The van der Waals surface area contributed by atoms with Gasteiger partial charge in [-0.1, -0.05) is 35.0 Å². The van der Waals surface area contributed by atoms with Crippen LogP contribution in [0.5, 0.6) is 0 Å². The standard InChI is InChI=1S/C11H12BrNO3/c1-8(7-14)11(6-13(15)16)9-2-4-10(12)5-3-9/h2-5,7-8,11H,6H2,1H3. The minimum Gasteiger partial charge on any atom is -0.303 e. The minimum absolute atomic E-state index is 0.221. The Morgan fingerprint density at radius 2 is 2.00 bits per heavy atom. The van der Waals surface area contributed by atoms with Crippen LogP contribution in [0, 0.1) is 16.0 Å². The molecule has 2 atom stereocenters. The van der Waals surface area contributed by atoms with E-state index in [2.05, 4.69) is 15.9 Å². The number of hydrogen-bond donors (Lipinski definition) is 0. The highest BCUT2D eigenvalue weighted by molar-refractivity contribution is 9.10. The molecule has 16 heavy (non-hydrogen) atoms. The summed E-state index contributed by atoms with van der Waals surface area (Å²) in [5.74, 6) is -0.716. The first-order chi connectivity index (χ1) is 7.54. The molecule has 0 N–H and O–H groups in total. The van der Waals surface area contributed by atoms with Crippen LogP contribution in [0.3, 0.4) is 0 Å². The lowest BCUT2D eigenvalue weighted by molar-refractivity contribution is -0.484. The van der Waals surface area contributed by atoms with E-state index in [9.17, 15) is 14.9 Å². The molecule has 2 unspecified atom stereocenters. The molecule has 0 saturated carbocycles. The normalized spacial score (nSPS) is 14.1. The molecule has 0 bridgehead atoms. The van der Waals surface area contributed by atoms with Crippen LogP contribution in [0.15, 0.2) is 28.7 Å². The van der Waals surface area contributed by atoms with E-state index in [-0.39, 0.29) is 23.3 Å². The van der Waals surface area contributed by atoms with Crippen LogP contribution in [-0.2, 0) is 4.79 Å². The molecule has 0 amide bonds. The molecule has 1 aromatic rings. The van der Waals surface area contributed by atoms with E-state index >= 15 is 0 Å². The highest BCUT2D eigenvalue weighted by Crippen LogP contribution is 2.25. The number of benzene rings is 1. The third kappa shape index (κ3) is 3.41. The highest BCUT2D eigenvalue weighted by Gasteiger charge is 2.24. The SMILES string of the molecule is CC(C=O)C(C[N+](=O)[O-])c1ccc(Br)cc1. The Bertz CT molecular complexity index is 377. The van der Waals surface area contributed by atoms with Gasteiger partial charge >= 0.3 is 0 Å². The lowest BCUT2D eigenvalue weighted by Gasteiger charge is -2.16. The minimum atomic E-state index is -0.382. The summed E-state index contributed by atoms with van der Waals surface area (Å²) in [5, 5.41) is 10.6. The Balaban J connectivity index is 2.95. The van der Waals surface area contributed by atoms with Crippen LogP contribution in [-0.4, -0.2) is 17.8 Å². The van der Waals surface area contributed by atoms with Gasteiger partial charge in [-0.2, -0.15) is 0 Å². The maximum absolute atomic E-state index is 10.7. The number of rotatable bonds is 5. The largest absolute Gasteiger partial charge is 0.303 e. The predicted octanol–water partition coefficient (Wildman–Crippen LogP) is 2.64. The van der Waals surface area contributed by atoms with Crippen molar-refractivity contribution in [1.82, 2.24) is 0 Å². The fraction of sp³-hybridized carbons (Fsp3) is 0.364. The van der Waals surface area contributed by atoms with Crippen molar-refractivity contribution in [2.24, 2.45) is 5.92 Å². The van der Waals surface area contributed by atoms with Crippen molar-refractivity contribution in [3.05, 3.63) is 44.4 Å². The number of carbonyl (C=O) groups excluding carboxylic acids is 1. The average molecular weight is 286 g/mol.